The van der Waals surface area contributed by atoms with Crippen molar-refractivity contribution in [3.8, 4) is 0 Å². The number of amides is 1. The van der Waals surface area contributed by atoms with Crippen molar-refractivity contribution in [2.45, 2.75) is 59.0 Å². The van der Waals surface area contributed by atoms with E-state index in [0.717, 1.165) is 17.8 Å². The third kappa shape index (κ3) is 4.34. The van der Waals surface area contributed by atoms with E-state index in [2.05, 4.69) is 30.5 Å². The first-order chi connectivity index (χ1) is 9.46. The minimum Gasteiger partial charge on any atom is -0.326 e. The summed E-state index contributed by atoms with van der Waals surface area (Å²) in [5.41, 5.74) is 2.53. The van der Waals surface area contributed by atoms with E-state index in [1.54, 1.807) is 6.92 Å². The lowest BCUT2D eigenvalue weighted by molar-refractivity contribution is -0.114. The number of benzene rings is 1. The van der Waals surface area contributed by atoms with Gasteiger partial charge in [0.1, 0.15) is 0 Å². The number of para-hydroxylation sites is 1. The van der Waals surface area contributed by atoms with Crippen LogP contribution in [0.25, 0.3) is 0 Å². The Hall–Kier alpha value is -1.35. The molecule has 0 bridgehead atoms. The molecule has 1 unspecified atom stereocenters. The fraction of sp³-hybridized carbons (Fsp3) is 0.588. The van der Waals surface area contributed by atoms with E-state index < -0.39 is 0 Å². The highest BCUT2D eigenvalue weighted by atomic mass is 16.1. The molecule has 1 atom stereocenters. The summed E-state index contributed by atoms with van der Waals surface area (Å²) in [6.07, 6.45) is 5.12. The van der Waals surface area contributed by atoms with Gasteiger partial charge in [0.2, 0.25) is 5.91 Å². The fourth-order valence-corrected chi connectivity index (χ4v) is 3.11. The summed E-state index contributed by atoms with van der Waals surface area (Å²) < 4.78 is 0. The Labute approximate surface area is 122 Å². The quantitative estimate of drug-likeness (QED) is 0.879. The Bertz CT molecular complexity index is 468. The van der Waals surface area contributed by atoms with Crippen LogP contribution in [0.3, 0.4) is 0 Å². The molecule has 1 aliphatic carbocycles. The van der Waals surface area contributed by atoms with Crippen molar-refractivity contribution in [3.63, 3.8) is 0 Å². The standard InChI is InChI=1S/C17H26N2O/c1-13(20)19-16-9-5-4-7-14(16)12-18-15-8-6-10-17(2,3)11-15/h4-5,7,9,15,18H,6,8,10-12H2,1-3H3,(H,19,20). The molecule has 110 valence electrons. The molecular formula is C17H26N2O. The Balaban J connectivity index is 1.95. The van der Waals surface area contributed by atoms with Crippen molar-refractivity contribution in [3.05, 3.63) is 29.8 Å². The molecule has 1 aliphatic rings. The maximum Gasteiger partial charge on any atom is 0.221 e. The molecule has 0 aromatic heterocycles. The van der Waals surface area contributed by atoms with Crippen LogP contribution in [0.4, 0.5) is 5.69 Å². The van der Waals surface area contributed by atoms with E-state index in [1.807, 2.05) is 18.2 Å². The van der Waals surface area contributed by atoms with Gasteiger partial charge in [0.15, 0.2) is 0 Å². The van der Waals surface area contributed by atoms with Crippen LogP contribution in [0.5, 0.6) is 0 Å². The van der Waals surface area contributed by atoms with Gasteiger partial charge >= 0.3 is 0 Å². The number of hydrogen-bond donors (Lipinski definition) is 2. The number of carbonyl (C=O) groups is 1. The summed E-state index contributed by atoms with van der Waals surface area (Å²) in [7, 11) is 0. The molecule has 0 spiro atoms. The number of anilines is 1. The lowest BCUT2D eigenvalue weighted by Gasteiger charge is -2.35. The van der Waals surface area contributed by atoms with E-state index in [1.165, 1.54) is 25.7 Å². The summed E-state index contributed by atoms with van der Waals surface area (Å²) in [4.78, 5) is 11.2. The topological polar surface area (TPSA) is 41.1 Å². The first-order valence-electron chi connectivity index (χ1n) is 7.55. The highest BCUT2D eigenvalue weighted by molar-refractivity contribution is 5.89. The van der Waals surface area contributed by atoms with Gasteiger partial charge in [-0.25, -0.2) is 0 Å². The zero-order valence-corrected chi connectivity index (χ0v) is 12.8. The minimum atomic E-state index is -0.0174. The van der Waals surface area contributed by atoms with Crippen LogP contribution in [-0.4, -0.2) is 11.9 Å². The van der Waals surface area contributed by atoms with Crippen molar-refractivity contribution in [2.75, 3.05) is 5.32 Å². The molecule has 0 heterocycles. The molecule has 1 aromatic rings. The summed E-state index contributed by atoms with van der Waals surface area (Å²) in [5, 5.41) is 6.55. The van der Waals surface area contributed by atoms with Gasteiger partial charge in [-0.3, -0.25) is 4.79 Å². The molecule has 1 saturated carbocycles. The second kappa shape index (κ2) is 6.40. The summed E-state index contributed by atoms with van der Waals surface area (Å²) in [6, 6.07) is 8.60. The third-order valence-corrected chi connectivity index (χ3v) is 4.11. The van der Waals surface area contributed by atoms with E-state index in [-0.39, 0.29) is 5.91 Å². The van der Waals surface area contributed by atoms with Crippen molar-refractivity contribution in [2.24, 2.45) is 5.41 Å². The lowest BCUT2D eigenvalue weighted by atomic mass is 9.75. The van der Waals surface area contributed by atoms with Crippen molar-refractivity contribution >= 4 is 11.6 Å². The first kappa shape index (κ1) is 15.0. The normalized spacial score (nSPS) is 21.4. The van der Waals surface area contributed by atoms with Crippen LogP contribution in [0.15, 0.2) is 24.3 Å². The smallest absolute Gasteiger partial charge is 0.221 e. The van der Waals surface area contributed by atoms with Gasteiger partial charge in [0.25, 0.3) is 0 Å². The molecular weight excluding hydrogens is 248 g/mol. The number of rotatable bonds is 4. The van der Waals surface area contributed by atoms with Crippen LogP contribution in [0.2, 0.25) is 0 Å². The van der Waals surface area contributed by atoms with Crippen molar-refractivity contribution < 1.29 is 4.79 Å². The largest absolute Gasteiger partial charge is 0.326 e. The maximum atomic E-state index is 11.2. The Morgan fingerprint density at radius 1 is 1.35 bits per heavy atom. The Morgan fingerprint density at radius 2 is 2.10 bits per heavy atom. The Kier molecular flexibility index (Phi) is 4.81. The lowest BCUT2D eigenvalue weighted by Crippen LogP contribution is -2.37. The average molecular weight is 274 g/mol. The zero-order chi connectivity index (χ0) is 14.6. The molecule has 3 nitrogen and oxygen atoms in total. The van der Waals surface area contributed by atoms with Gasteiger partial charge in [-0.15, -0.1) is 0 Å². The number of carbonyl (C=O) groups excluding carboxylic acids is 1. The van der Waals surface area contributed by atoms with Crippen molar-refractivity contribution in [1.82, 2.24) is 5.32 Å². The Morgan fingerprint density at radius 3 is 2.80 bits per heavy atom. The van der Waals surface area contributed by atoms with E-state index in [4.69, 9.17) is 0 Å². The number of hydrogen-bond acceptors (Lipinski definition) is 2. The number of nitrogens with one attached hydrogen (secondary N) is 2. The van der Waals surface area contributed by atoms with Gasteiger partial charge < -0.3 is 10.6 Å². The predicted octanol–water partition coefficient (Wildman–Crippen LogP) is 3.70. The monoisotopic (exact) mass is 274 g/mol. The van der Waals surface area contributed by atoms with Gasteiger partial charge in [0.05, 0.1) is 0 Å². The molecule has 3 heteroatoms. The highest BCUT2D eigenvalue weighted by Crippen LogP contribution is 2.35. The van der Waals surface area contributed by atoms with Gasteiger partial charge in [0, 0.05) is 25.2 Å². The van der Waals surface area contributed by atoms with Crippen LogP contribution >= 0.6 is 0 Å². The molecule has 1 aromatic carbocycles. The van der Waals surface area contributed by atoms with Crippen LogP contribution < -0.4 is 10.6 Å². The van der Waals surface area contributed by atoms with Gasteiger partial charge in [-0.2, -0.15) is 0 Å². The minimum absolute atomic E-state index is 0.0174. The molecule has 0 radical (unpaired) electrons. The molecule has 20 heavy (non-hydrogen) atoms. The molecule has 2 N–H and O–H groups in total. The van der Waals surface area contributed by atoms with Crippen LogP contribution in [0, 0.1) is 5.41 Å². The third-order valence-electron chi connectivity index (χ3n) is 4.11. The predicted molar refractivity (Wildman–Crippen MR) is 83.6 cm³/mol. The second-order valence-electron chi connectivity index (χ2n) is 6.68. The average Bonchev–Trinajstić information content (AvgIpc) is 2.36. The van der Waals surface area contributed by atoms with E-state index >= 15 is 0 Å². The second-order valence-corrected chi connectivity index (χ2v) is 6.68. The fourth-order valence-electron chi connectivity index (χ4n) is 3.11. The molecule has 2 rings (SSSR count). The molecule has 1 fully saturated rings. The highest BCUT2D eigenvalue weighted by Gasteiger charge is 2.27. The SMILES string of the molecule is CC(=O)Nc1ccccc1CNC1CCCC(C)(C)C1. The summed E-state index contributed by atoms with van der Waals surface area (Å²) >= 11 is 0. The van der Waals surface area contributed by atoms with Gasteiger partial charge in [-0.05, 0) is 36.3 Å². The van der Waals surface area contributed by atoms with Gasteiger partial charge in [-0.1, -0.05) is 38.5 Å². The molecule has 0 aliphatic heterocycles. The van der Waals surface area contributed by atoms with Crippen LogP contribution in [0.1, 0.15) is 52.0 Å². The summed E-state index contributed by atoms with van der Waals surface area (Å²) in [5.74, 6) is -0.0174. The summed E-state index contributed by atoms with van der Waals surface area (Å²) in [6.45, 7) is 7.07. The van der Waals surface area contributed by atoms with Crippen molar-refractivity contribution in [1.29, 1.82) is 0 Å². The molecule has 1 amide bonds. The first-order valence-corrected chi connectivity index (χ1v) is 7.55. The molecule has 0 saturated heterocycles. The van der Waals surface area contributed by atoms with E-state index in [0.29, 0.717) is 11.5 Å². The maximum absolute atomic E-state index is 11.2. The zero-order valence-electron chi connectivity index (χ0n) is 12.8. The van der Waals surface area contributed by atoms with Crippen LogP contribution in [-0.2, 0) is 11.3 Å². The van der Waals surface area contributed by atoms with E-state index in [9.17, 15) is 4.79 Å².